The largest absolute Gasteiger partial charge is 0.480 e. The minimum atomic E-state index is -1.20. The first-order chi connectivity index (χ1) is 6.86. The van der Waals surface area contributed by atoms with E-state index in [1.807, 2.05) is 0 Å². The van der Waals surface area contributed by atoms with Crippen LogP contribution in [0.2, 0.25) is 0 Å². The number of rotatable bonds is 2. The first kappa shape index (κ1) is 12.1. The number of benzene rings is 1. The van der Waals surface area contributed by atoms with E-state index in [9.17, 15) is 9.18 Å². The Labute approximate surface area is 95.2 Å². The Morgan fingerprint density at radius 2 is 2.07 bits per heavy atom. The zero-order valence-electron chi connectivity index (χ0n) is 8.34. The molecule has 3 nitrogen and oxygen atoms in total. The molecule has 0 aromatic heterocycles. The maximum absolute atomic E-state index is 13.4. The molecule has 0 fully saturated rings. The van der Waals surface area contributed by atoms with E-state index < -0.39 is 17.8 Å². The summed E-state index contributed by atoms with van der Waals surface area (Å²) in [6.45, 7) is 3.32. The predicted molar refractivity (Wildman–Crippen MR) is 58.1 cm³/mol. The van der Waals surface area contributed by atoms with Crippen LogP contribution < -0.4 is 5.73 Å². The lowest BCUT2D eigenvalue weighted by molar-refractivity contribution is -0.138. The van der Waals surface area contributed by atoms with Crippen molar-refractivity contribution in [3.05, 3.63) is 33.0 Å². The Bertz CT molecular complexity index is 420. The molecule has 1 aromatic carbocycles. The molecule has 1 rings (SSSR count). The van der Waals surface area contributed by atoms with Gasteiger partial charge in [0.1, 0.15) is 11.9 Å². The van der Waals surface area contributed by atoms with Gasteiger partial charge in [-0.15, -0.1) is 0 Å². The van der Waals surface area contributed by atoms with Crippen molar-refractivity contribution >= 4 is 21.9 Å². The molecular weight excluding hydrogens is 265 g/mol. The van der Waals surface area contributed by atoms with Gasteiger partial charge in [-0.2, -0.15) is 0 Å². The van der Waals surface area contributed by atoms with Crippen molar-refractivity contribution in [2.24, 2.45) is 5.73 Å². The van der Waals surface area contributed by atoms with Crippen LogP contribution in [0.1, 0.15) is 22.7 Å². The van der Waals surface area contributed by atoms with Crippen LogP contribution in [-0.2, 0) is 4.79 Å². The van der Waals surface area contributed by atoms with Gasteiger partial charge in [0.05, 0.1) is 0 Å². The van der Waals surface area contributed by atoms with Crippen molar-refractivity contribution < 1.29 is 14.3 Å². The van der Waals surface area contributed by atoms with Gasteiger partial charge >= 0.3 is 5.97 Å². The highest BCUT2D eigenvalue weighted by molar-refractivity contribution is 9.10. The van der Waals surface area contributed by atoms with E-state index in [2.05, 4.69) is 15.9 Å². The third-order valence-corrected chi connectivity index (χ3v) is 3.52. The molecule has 0 heterocycles. The fraction of sp³-hybridized carbons (Fsp3) is 0.300. The first-order valence-corrected chi connectivity index (χ1v) is 5.09. The van der Waals surface area contributed by atoms with E-state index in [-0.39, 0.29) is 5.56 Å². The maximum Gasteiger partial charge on any atom is 0.325 e. The smallest absolute Gasteiger partial charge is 0.325 e. The van der Waals surface area contributed by atoms with E-state index in [0.29, 0.717) is 15.6 Å². The topological polar surface area (TPSA) is 63.3 Å². The highest BCUT2D eigenvalue weighted by Crippen LogP contribution is 2.29. The van der Waals surface area contributed by atoms with Gasteiger partial charge in [0.15, 0.2) is 0 Å². The minimum absolute atomic E-state index is 0.289. The molecule has 0 radical (unpaired) electrons. The van der Waals surface area contributed by atoms with Crippen molar-refractivity contribution in [3.8, 4) is 0 Å². The molecule has 1 aromatic rings. The molecule has 0 bridgehead atoms. The SMILES string of the molecule is Cc1c(F)cc(C(N)C(=O)O)c(C)c1Br. The second kappa shape index (κ2) is 4.28. The summed E-state index contributed by atoms with van der Waals surface area (Å²) in [6.07, 6.45) is 0. The van der Waals surface area contributed by atoms with Crippen LogP contribution in [-0.4, -0.2) is 11.1 Å². The molecule has 0 aliphatic carbocycles. The molecule has 0 saturated heterocycles. The Morgan fingerprint density at radius 1 is 1.53 bits per heavy atom. The molecule has 0 saturated carbocycles. The van der Waals surface area contributed by atoms with Crippen molar-refractivity contribution in [2.45, 2.75) is 19.9 Å². The lowest BCUT2D eigenvalue weighted by Crippen LogP contribution is -2.22. The normalized spacial score (nSPS) is 12.6. The van der Waals surface area contributed by atoms with Gasteiger partial charge in [0.25, 0.3) is 0 Å². The van der Waals surface area contributed by atoms with Crippen LogP contribution in [0, 0.1) is 19.7 Å². The quantitative estimate of drug-likeness (QED) is 0.871. The second-order valence-corrected chi connectivity index (χ2v) is 4.12. The molecule has 5 heteroatoms. The molecule has 0 aliphatic heterocycles. The number of carbonyl (C=O) groups is 1. The molecule has 1 unspecified atom stereocenters. The van der Waals surface area contributed by atoms with Crippen LogP contribution in [0.5, 0.6) is 0 Å². The lowest BCUT2D eigenvalue weighted by atomic mass is 9.99. The van der Waals surface area contributed by atoms with E-state index in [4.69, 9.17) is 10.8 Å². The van der Waals surface area contributed by atoms with Crippen molar-refractivity contribution in [2.75, 3.05) is 0 Å². The third kappa shape index (κ3) is 2.18. The number of nitrogens with two attached hydrogens (primary N) is 1. The molecule has 3 N–H and O–H groups in total. The van der Waals surface area contributed by atoms with Gasteiger partial charge in [-0.3, -0.25) is 4.79 Å². The van der Waals surface area contributed by atoms with Crippen LogP contribution in [0.3, 0.4) is 0 Å². The Hall–Kier alpha value is -0.940. The van der Waals surface area contributed by atoms with Gasteiger partial charge in [0.2, 0.25) is 0 Å². The molecule has 82 valence electrons. The Kier molecular flexibility index (Phi) is 3.46. The summed E-state index contributed by atoms with van der Waals surface area (Å²) in [5, 5.41) is 8.75. The average molecular weight is 276 g/mol. The second-order valence-electron chi connectivity index (χ2n) is 3.33. The summed E-state index contributed by atoms with van der Waals surface area (Å²) < 4.78 is 13.9. The summed E-state index contributed by atoms with van der Waals surface area (Å²) in [7, 11) is 0. The molecule has 0 amide bonds. The highest BCUT2D eigenvalue weighted by atomic mass is 79.9. The fourth-order valence-electron chi connectivity index (χ4n) is 1.32. The third-order valence-electron chi connectivity index (χ3n) is 2.33. The van der Waals surface area contributed by atoms with Gasteiger partial charge < -0.3 is 10.8 Å². The van der Waals surface area contributed by atoms with Crippen LogP contribution >= 0.6 is 15.9 Å². The van der Waals surface area contributed by atoms with Gasteiger partial charge in [-0.05, 0) is 36.6 Å². The van der Waals surface area contributed by atoms with Crippen LogP contribution in [0.25, 0.3) is 0 Å². The molecule has 0 aliphatic rings. The van der Waals surface area contributed by atoms with E-state index >= 15 is 0 Å². The summed E-state index contributed by atoms with van der Waals surface area (Å²) in [4.78, 5) is 10.7. The van der Waals surface area contributed by atoms with E-state index in [1.165, 1.54) is 6.07 Å². The summed E-state index contributed by atoms with van der Waals surface area (Å²) in [5.74, 6) is -1.63. The van der Waals surface area contributed by atoms with E-state index in [0.717, 1.165) is 0 Å². The summed E-state index contributed by atoms with van der Waals surface area (Å²) >= 11 is 3.21. The van der Waals surface area contributed by atoms with Crippen molar-refractivity contribution in [1.82, 2.24) is 0 Å². The fourth-order valence-corrected chi connectivity index (χ4v) is 1.74. The number of hydrogen-bond acceptors (Lipinski definition) is 2. The Balaban J connectivity index is 3.38. The summed E-state index contributed by atoms with van der Waals surface area (Å²) in [5.41, 5.74) is 6.84. The predicted octanol–water partition coefficient (Wildman–Crippen LogP) is 2.29. The minimum Gasteiger partial charge on any atom is -0.480 e. The average Bonchev–Trinajstić information content (AvgIpc) is 2.19. The van der Waals surface area contributed by atoms with Gasteiger partial charge in [-0.1, -0.05) is 15.9 Å². The highest BCUT2D eigenvalue weighted by Gasteiger charge is 2.20. The maximum atomic E-state index is 13.4. The van der Waals surface area contributed by atoms with Gasteiger partial charge in [-0.25, -0.2) is 4.39 Å². The molecule has 1 atom stereocenters. The summed E-state index contributed by atoms with van der Waals surface area (Å²) in [6, 6.07) is -0.0230. The number of carboxylic acids is 1. The van der Waals surface area contributed by atoms with Crippen molar-refractivity contribution in [3.63, 3.8) is 0 Å². The number of halogens is 2. The lowest BCUT2D eigenvalue weighted by Gasteiger charge is -2.14. The molecular formula is C10H11BrFNO2. The molecule has 15 heavy (non-hydrogen) atoms. The Morgan fingerprint density at radius 3 is 2.53 bits per heavy atom. The number of hydrogen-bond donors (Lipinski definition) is 2. The standard InChI is InChI=1S/C10H11BrFNO2/c1-4-6(9(13)10(14)15)3-7(12)5(2)8(4)11/h3,9H,13H2,1-2H3,(H,14,15). The van der Waals surface area contributed by atoms with E-state index in [1.54, 1.807) is 13.8 Å². The van der Waals surface area contributed by atoms with Crippen LogP contribution in [0.15, 0.2) is 10.5 Å². The van der Waals surface area contributed by atoms with Gasteiger partial charge in [0, 0.05) is 4.47 Å². The number of aliphatic carboxylic acids is 1. The zero-order valence-corrected chi connectivity index (χ0v) is 9.93. The first-order valence-electron chi connectivity index (χ1n) is 4.29. The van der Waals surface area contributed by atoms with Crippen LogP contribution in [0.4, 0.5) is 4.39 Å². The zero-order chi connectivity index (χ0) is 11.7. The number of carboxylic acid groups (broad SMARTS) is 1. The molecule has 0 spiro atoms. The van der Waals surface area contributed by atoms with Crippen molar-refractivity contribution in [1.29, 1.82) is 0 Å². The monoisotopic (exact) mass is 275 g/mol.